The molecule has 1 N–H and O–H groups in total. The van der Waals surface area contributed by atoms with E-state index in [0.717, 1.165) is 43.0 Å². The third-order valence-electron chi connectivity index (χ3n) is 5.11. The summed E-state index contributed by atoms with van der Waals surface area (Å²) in [5, 5.41) is 4.20. The number of nitrogens with zero attached hydrogens (tertiary/aromatic N) is 2. The number of hydrogen-bond donors (Lipinski definition) is 1. The van der Waals surface area contributed by atoms with Crippen LogP contribution < -0.4 is 10.9 Å². The smallest absolute Gasteiger partial charge is 0.325 e. The van der Waals surface area contributed by atoms with Gasteiger partial charge in [0.15, 0.2) is 5.16 Å². The van der Waals surface area contributed by atoms with Gasteiger partial charge in [0.1, 0.15) is 11.4 Å². The van der Waals surface area contributed by atoms with Crippen molar-refractivity contribution in [1.82, 2.24) is 14.9 Å². The van der Waals surface area contributed by atoms with Crippen LogP contribution in [-0.2, 0) is 27.2 Å². The highest BCUT2D eigenvalue weighted by Crippen LogP contribution is 2.35. The second kappa shape index (κ2) is 10.1. The van der Waals surface area contributed by atoms with Crippen LogP contribution in [0.4, 0.5) is 0 Å². The van der Waals surface area contributed by atoms with Crippen molar-refractivity contribution in [2.75, 3.05) is 18.9 Å². The fraction of sp³-hybridized carbons (Fsp3) is 0.364. The van der Waals surface area contributed by atoms with E-state index in [1.807, 2.05) is 0 Å². The van der Waals surface area contributed by atoms with Gasteiger partial charge in [0, 0.05) is 9.90 Å². The molecule has 1 aromatic carbocycles. The number of aromatic nitrogens is 2. The van der Waals surface area contributed by atoms with E-state index in [-0.39, 0.29) is 30.4 Å². The molecule has 0 atom stereocenters. The van der Waals surface area contributed by atoms with Crippen LogP contribution in [0.2, 0.25) is 5.02 Å². The Balaban J connectivity index is 1.68. The fourth-order valence-electron chi connectivity index (χ4n) is 3.66. The second-order valence-corrected chi connectivity index (χ2v) is 9.74. The van der Waals surface area contributed by atoms with Crippen molar-refractivity contribution in [3.05, 3.63) is 50.1 Å². The van der Waals surface area contributed by atoms with Gasteiger partial charge in [0.2, 0.25) is 5.91 Å². The number of carbonyl (C=O) groups excluding carboxylic acids is 2. The van der Waals surface area contributed by atoms with Crippen molar-refractivity contribution in [2.24, 2.45) is 0 Å². The number of fused-ring (bicyclic) bond motifs is 3. The monoisotopic (exact) mass is 491 g/mol. The first kappa shape index (κ1) is 22.8. The Morgan fingerprint density at radius 3 is 2.75 bits per heavy atom. The number of thiophene rings is 1. The average molecular weight is 492 g/mol. The molecule has 1 aliphatic rings. The summed E-state index contributed by atoms with van der Waals surface area (Å²) in [7, 11) is 0. The number of carbonyl (C=O) groups is 2. The van der Waals surface area contributed by atoms with Gasteiger partial charge in [-0.15, -0.1) is 11.3 Å². The van der Waals surface area contributed by atoms with Gasteiger partial charge in [-0.3, -0.25) is 19.0 Å². The number of rotatable bonds is 7. The highest BCUT2D eigenvalue weighted by atomic mass is 35.5. The summed E-state index contributed by atoms with van der Waals surface area (Å²) < 4.78 is 6.36. The van der Waals surface area contributed by atoms with Crippen LogP contribution in [0.5, 0.6) is 0 Å². The molecule has 0 saturated heterocycles. The largest absolute Gasteiger partial charge is 0.465 e. The highest BCUT2D eigenvalue weighted by Gasteiger charge is 2.23. The van der Waals surface area contributed by atoms with E-state index in [4.69, 9.17) is 21.3 Å². The van der Waals surface area contributed by atoms with Crippen molar-refractivity contribution < 1.29 is 14.3 Å². The third-order valence-corrected chi connectivity index (χ3v) is 7.49. The maximum Gasteiger partial charge on any atom is 0.325 e. The van der Waals surface area contributed by atoms with E-state index in [9.17, 15) is 14.4 Å². The minimum Gasteiger partial charge on any atom is -0.465 e. The summed E-state index contributed by atoms with van der Waals surface area (Å²) in [6, 6.07) is 6.97. The molecular weight excluding hydrogens is 470 g/mol. The normalized spacial score (nSPS) is 13.1. The number of nitrogens with one attached hydrogen (secondary N) is 1. The molecule has 10 heteroatoms. The molecule has 0 spiro atoms. The first-order chi connectivity index (χ1) is 15.5. The molecule has 32 heavy (non-hydrogen) atoms. The van der Waals surface area contributed by atoms with Gasteiger partial charge in [0.05, 0.1) is 23.4 Å². The summed E-state index contributed by atoms with van der Waals surface area (Å²) in [4.78, 5) is 44.1. The van der Waals surface area contributed by atoms with E-state index in [2.05, 4.69) is 5.32 Å². The van der Waals surface area contributed by atoms with E-state index in [1.54, 1.807) is 47.1 Å². The maximum atomic E-state index is 13.6. The highest BCUT2D eigenvalue weighted by molar-refractivity contribution is 7.99. The number of esters is 1. The van der Waals surface area contributed by atoms with Gasteiger partial charge in [-0.1, -0.05) is 23.4 Å². The van der Waals surface area contributed by atoms with Gasteiger partial charge in [-0.2, -0.15) is 0 Å². The van der Waals surface area contributed by atoms with E-state index in [0.29, 0.717) is 26.1 Å². The van der Waals surface area contributed by atoms with Crippen LogP contribution in [0, 0.1) is 0 Å². The van der Waals surface area contributed by atoms with Crippen LogP contribution in [0.3, 0.4) is 0 Å². The van der Waals surface area contributed by atoms with Crippen LogP contribution in [0.25, 0.3) is 15.9 Å². The van der Waals surface area contributed by atoms with Gasteiger partial charge in [0.25, 0.3) is 5.56 Å². The van der Waals surface area contributed by atoms with Crippen molar-refractivity contribution in [1.29, 1.82) is 0 Å². The summed E-state index contributed by atoms with van der Waals surface area (Å²) >= 11 is 8.76. The molecule has 0 aliphatic heterocycles. The minimum atomic E-state index is -0.493. The number of ether oxygens (including phenoxy) is 1. The van der Waals surface area contributed by atoms with Gasteiger partial charge in [-0.05, 0) is 62.4 Å². The number of amides is 1. The molecule has 0 unspecified atom stereocenters. The van der Waals surface area contributed by atoms with Gasteiger partial charge < -0.3 is 10.1 Å². The van der Waals surface area contributed by atoms with E-state index < -0.39 is 5.97 Å². The summed E-state index contributed by atoms with van der Waals surface area (Å²) in [6.07, 6.45) is 4.04. The Morgan fingerprint density at radius 1 is 1.25 bits per heavy atom. The van der Waals surface area contributed by atoms with Crippen molar-refractivity contribution in [3.8, 4) is 5.69 Å². The quantitative estimate of drug-likeness (QED) is 0.307. The van der Waals surface area contributed by atoms with E-state index in [1.165, 1.54) is 4.88 Å². The topological polar surface area (TPSA) is 90.3 Å². The van der Waals surface area contributed by atoms with Crippen LogP contribution >= 0.6 is 34.7 Å². The van der Waals surface area contributed by atoms with Crippen LogP contribution in [0.1, 0.15) is 30.2 Å². The summed E-state index contributed by atoms with van der Waals surface area (Å²) in [5.74, 6) is -0.825. The second-order valence-electron chi connectivity index (χ2n) is 7.27. The minimum absolute atomic E-state index is 0.00995. The summed E-state index contributed by atoms with van der Waals surface area (Å²) in [5.41, 5.74) is 1.62. The lowest BCUT2D eigenvalue weighted by atomic mass is 9.97. The van der Waals surface area contributed by atoms with Crippen molar-refractivity contribution in [2.45, 2.75) is 37.8 Å². The molecule has 0 bridgehead atoms. The van der Waals surface area contributed by atoms with Crippen LogP contribution in [-0.4, -0.2) is 40.3 Å². The molecule has 1 amide bonds. The molecular formula is C22H22ClN3O4S2. The molecule has 2 heterocycles. The fourth-order valence-corrected chi connectivity index (χ4v) is 5.94. The number of hydrogen-bond acceptors (Lipinski definition) is 7. The maximum absolute atomic E-state index is 13.6. The molecule has 3 aromatic rings. The molecule has 7 nitrogen and oxygen atoms in total. The molecule has 0 saturated carbocycles. The lowest BCUT2D eigenvalue weighted by Gasteiger charge is -2.13. The van der Waals surface area contributed by atoms with E-state index >= 15 is 0 Å². The first-order valence-electron chi connectivity index (χ1n) is 10.4. The zero-order valence-electron chi connectivity index (χ0n) is 17.5. The number of aryl methyl sites for hydroxylation is 2. The Morgan fingerprint density at radius 2 is 2.00 bits per heavy atom. The Hall–Kier alpha value is -2.36. The molecule has 4 rings (SSSR count). The third kappa shape index (κ3) is 4.84. The lowest BCUT2D eigenvalue weighted by molar-refractivity contribution is -0.143. The SMILES string of the molecule is CCOC(=O)CNC(=O)CSc1nc2sc3c(c2c(=O)n1-c1ccc(Cl)cc1)CCCC3. The zero-order chi connectivity index (χ0) is 22.7. The van der Waals surface area contributed by atoms with Crippen LogP contribution in [0.15, 0.2) is 34.2 Å². The Kier molecular flexibility index (Phi) is 7.17. The Labute approximate surface area is 198 Å². The summed E-state index contributed by atoms with van der Waals surface area (Å²) in [6.45, 7) is 1.77. The number of benzene rings is 1. The average Bonchev–Trinajstić information content (AvgIpc) is 3.16. The molecule has 0 fully saturated rings. The molecule has 1 aliphatic carbocycles. The van der Waals surface area contributed by atoms with Gasteiger partial charge >= 0.3 is 5.97 Å². The number of thioether (sulfide) groups is 1. The zero-order valence-corrected chi connectivity index (χ0v) is 19.9. The van der Waals surface area contributed by atoms with Gasteiger partial charge in [-0.25, -0.2) is 4.98 Å². The predicted molar refractivity (Wildman–Crippen MR) is 127 cm³/mol. The molecule has 168 valence electrons. The predicted octanol–water partition coefficient (Wildman–Crippen LogP) is 3.75. The number of halogens is 1. The molecule has 2 aromatic heterocycles. The van der Waals surface area contributed by atoms with Crippen molar-refractivity contribution >= 4 is 56.8 Å². The Bertz CT molecular complexity index is 1220. The first-order valence-corrected chi connectivity index (χ1v) is 12.5. The molecule has 0 radical (unpaired) electrons. The standard InChI is InChI=1S/C22H22ClN3O4S2/c1-2-30-18(28)11-24-17(27)12-31-22-25-20-19(15-5-3-4-6-16(15)32-20)21(29)26(22)14-9-7-13(23)8-10-14/h7-10H,2-6,11-12H2,1H3,(H,24,27). The van der Waals surface area contributed by atoms with Crippen molar-refractivity contribution in [3.63, 3.8) is 0 Å². The lowest BCUT2D eigenvalue weighted by Crippen LogP contribution is -2.32.